The topological polar surface area (TPSA) is 106 Å². The van der Waals surface area contributed by atoms with Gasteiger partial charge in [0.05, 0.1) is 18.6 Å². The first-order chi connectivity index (χ1) is 13.2. The van der Waals surface area contributed by atoms with Crippen molar-refractivity contribution in [3.63, 3.8) is 0 Å². The van der Waals surface area contributed by atoms with E-state index in [1.165, 1.54) is 0 Å². The molecular formula is C20H36N4O4. The summed E-state index contributed by atoms with van der Waals surface area (Å²) >= 11 is 0. The molecule has 1 aliphatic carbocycles. The fraction of sp³-hybridized carbons (Fsp3) is 0.850. The quantitative estimate of drug-likeness (QED) is 0.429. The SMILES string of the molecule is CCOC(=O)N1CCC(N=C(N)NC2CCC(C(=O)OC(C)(C)C)CC2)CC1. The standard InChI is InChI=1S/C20H36N4O4/c1-5-27-19(26)24-12-10-16(11-13-24)23-18(21)22-15-8-6-14(7-9-15)17(25)28-20(2,3)4/h14-16H,5-13H2,1-4H3,(H3,21,22,23). The summed E-state index contributed by atoms with van der Waals surface area (Å²) in [4.78, 5) is 30.2. The van der Waals surface area contributed by atoms with Crippen molar-refractivity contribution in [1.82, 2.24) is 10.2 Å². The summed E-state index contributed by atoms with van der Waals surface area (Å²) in [5, 5.41) is 3.30. The van der Waals surface area contributed by atoms with E-state index in [9.17, 15) is 9.59 Å². The molecule has 0 radical (unpaired) electrons. The number of carbonyl (C=O) groups is 2. The second-order valence-corrected chi connectivity index (χ2v) is 8.66. The Bertz CT molecular complexity index is 557. The summed E-state index contributed by atoms with van der Waals surface area (Å²) in [7, 11) is 0. The van der Waals surface area contributed by atoms with Gasteiger partial charge in [0.1, 0.15) is 5.60 Å². The number of piperidine rings is 1. The van der Waals surface area contributed by atoms with Gasteiger partial charge in [-0.3, -0.25) is 4.79 Å². The zero-order chi connectivity index (χ0) is 20.7. The summed E-state index contributed by atoms with van der Waals surface area (Å²) in [5.41, 5.74) is 5.66. The van der Waals surface area contributed by atoms with Gasteiger partial charge in [0.2, 0.25) is 0 Å². The summed E-state index contributed by atoms with van der Waals surface area (Å²) in [6.07, 6.45) is 4.68. The Hall–Kier alpha value is -1.99. The number of guanidine groups is 1. The van der Waals surface area contributed by atoms with Gasteiger partial charge >= 0.3 is 12.1 Å². The molecule has 28 heavy (non-hydrogen) atoms. The molecule has 8 heteroatoms. The van der Waals surface area contributed by atoms with Gasteiger partial charge in [-0.25, -0.2) is 9.79 Å². The first-order valence-electron chi connectivity index (χ1n) is 10.4. The molecule has 1 heterocycles. The lowest BCUT2D eigenvalue weighted by molar-refractivity contribution is -0.161. The predicted octanol–water partition coefficient (Wildman–Crippen LogP) is 2.41. The Morgan fingerprint density at radius 1 is 1.11 bits per heavy atom. The van der Waals surface area contributed by atoms with Crippen molar-refractivity contribution < 1.29 is 19.1 Å². The van der Waals surface area contributed by atoms with E-state index in [2.05, 4.69) is 10.3 Å². The third kappa shape index (κ3) is 7.20. The third-order valence-corrected chi connectivity index (χ3v) is 5.13. The number of amides is 1. The van der Waals surface area contributed by atoms with Crippen LogP contribution < -0.4 is 11.1 Å². The number of nitrogens with one attached hydrogen (secondary N) is 1. The molecule has 1 amide bonds. The van der Waals surface area contributed by atoms with Gasteiger partial charge in [-0.1, -0.05) is 0 Å². The first-order valence-corrected chi connectivity index (χ1v) is 10.4. The molecule has 0 spiro atoms. The van der Waals surface area contributed by atoms with Crippen molar-refractivity contribution in [2.75, 3.05) is 19.7 Å². The molecule has 0 aromatic heterocycles. The third-order valence-electron chi connectivity index (χ3n) is 5.13. The van der Waals surface area contributed by atoms with E-state index in [-0.39, 0.29) is 30.1 Å². The van der Waals surface area contributed by atoms with Crippen molar-refractivity contribution in [3.05, 3.63) is 0 Å². The molecule has 2 aliphatic rings. The number of ether oxygens (including phenoxy) is 2. The molecule has 3 N–H and O–H groups in total. The highest BCUT2D eigenvalue weighted by atomic mass is 16.6. The minimum Gasteiger partial charge on any atom is -0.460 e. The zero-order valence-electron chi connectivity index (χ0n) is 17.7. The van der Waals surface area contributed by atoms with Crippen LogP contribution in [-0.4, -0.2) is 60.3 Å². The van der Waals surface area contributed by atoms with Gasteiger partial charge in [0.15, 0.2) is 5.96 Å². The van der Waals surface area contributed by atoms with Crippen LogP contribution in [0.1, 0.15) is 66.2 Å². The molecule has 0 aromatic carbocycles. The highest BCUT2D eigenvalue weighted by molar-refractivity contribution is 5.78. The van der Waals surface area contributed by atoms with E-state index in [0.29, 0.717) is 25.7 Å². The molecule has 160 valence electrons. The zero-order valence-corrected chi connectivity index (χ0v) is 17.7. The van der Waals surface area contributed by atoms with Gasteiger partial charge < -0.3 is 25.4 Å². The largest absolute Gasteiger partial charge is 0.460 e. The van der Waals surface area contributed by atoms with Crippen LogP contribution in [0.15, 0.2) is 4.99 Å². The van der Waals surface area contributed by atoms with Crippen LogP contribution in [-0.2, 0) is 14.3 Å². The van der Waals surface area contributed by atoms with Crippen LogP contribution >= 0.6 is 0 Å². The molecule has 8 nitrogen and oxygen atoms in total. The van der Waals surface area contributed by atoms with E-state index in [4.69, 9.17) is 15.2 Å². The monoisotopic (exact) mass is 396 g/mol. The number of nitrogens with two attached hydrogens (primary N) is 1. The predicted molar refractivity (Wildman–Crippen MR) is 108 cm³/mol. The molecule has 2 rings (SSSR count). The number of aliphatic imine (C=N–C) groups is 1. The van der Waals surface area contributed by atoms with E-state index in [0.717, 1.165) is 38.5 Å². The number of hydrogen-bond donors (Lipinski definition) is 2. The van der Waals surface area contributed by atoms with Gasteiger partial charge in [-0.2, -0.15) is 0 Å². The van der Waals surface area contributed by atoms with E-state index in [1.807, 2.05) is 27.7 Å². The average molecular weight is 397 g/mol. The molecule has 0 atom stereocenters. The highest BCUT2D eigenvalue weighted by Crippen LogP contribution is 2.27. The number of rotatable bonds is 4. The average Bonchev–Trinajstić information content (AvgIpc) is 2.61. The number of carbonyl (C=O) groups excluding carboxylic acids is 2. The molecule has 1 saturated heterocycles. The Kier molecular flexibility index (Phi) is 7.95. The maximum Gasteiger partial charge on any atom is 0.409 e. The smallest absolute Gasteiger partial charge is 0.409 e. The second-order valence-electron chi connectivity index (χ2n) is 8.66. The van der Waals surface area contributed by atoms with Gasteiger partial charge in [-0.15, -0.1) is 0 Å². The van der Waals surface area contributed by atoms with Gasteiger partial charge in [-0.05, 0) is 66.2 Å². The molecular weight excluding hydrogens is 360 g/mol. The number of hydrogen-bond acceptors (Lipinski definition) is 5. The van der Waals surface area contributed by atoms with E-state index in [1.54, 1.807) is 4.90 Å². The number of likely N-dealkylation sites (tertiary alicyclic amines) is 1. The van der Waals surface area contributed by atoms with Crippen molar-refractivity contribution in [3.8, 4) is 0 Å². The fourth-order valence-electron chi connectivity index (χ4n) is 3.69. The van der Waals surface area contributed by atoms with Crippen LogP contribution in [0.3, 0.4) is 0 Å². The maximum absolute atomic E-state index is 12.2. The molecule has 2 fully saturated rings. The molecule has 1 aliphatic heterocycles. The highest BCUT2D eigenvalue weighted by Gasteiger charge is 2.30. The summed E-state index contributed by atoms with van der Waals surface area (Å²) < 4.78 is 10.5. The van der Waals surface area contributed by atoms with Gasteiger partial charge in [0, 0.05) is 19.1 Å². The lowest BCUT2D eigenvalue weighted by atomic mass is 9.86. The summed E-state index contributed by atoms with van der Waals surface area (Å²) in [6.45, 7) is 9.17. The Morgan fingerprint density at radius 2 is 1.71 bits per heavy atom. The minimum atomic E-state index is -0.438. The fourth-order valence-corrected chi connectivity index (χ4v) is 3.69. The second kappa shape index (κ2) is 9.98. The number of esters is 1. The van der Waals surface area contributed by atoms with Crippen molar-refractivity contribution >= 4 is 18.0 Å². The van der Waals surface area contributed by atoms with Crippen LogP contribution in [0.25, 0.3) is 0 Å². The summed E-state index contributed by atoms with van der Waals surface area (Å²) in [5.74, 6) is 0.332. The maximum atomic E-state index is 12.2. The molecule has 0 bridgehead atoms. The normalized spacial score (nSPS) is 24.6. The van der Waals surface area contributed by atoms with E-state index < -0.39 is 5.60 Å². The van der Waals surface area contributed by atoms with Crippen LogP contribution in [0.5, 0.6) is 0 Å². The molecule has 1 saturated carbocycles. The van der Waals surface area contributed by atoms with Gasteiger partial charge in [0.25, 0.3) is 0 Å². The lowest BCUT2D eigenvalue weighted by Crippen LogP contribution is -2.45. The van der Waals surface area contributed by atoms with E-state index >= 15 is 0 Å². The summed E-state index contributed by atoms with van der Waals surface area (Å²) in [6, 6.07) is 0.360. The Balaban J connectivity index is 1.72. The van der Waals surface area contributed by atoms with Crippen LogP contribution in [0, 0.1) is 5.92 Å². The number of nitrogens with zero attached hydrogens (tertiary/aromatic N) is 2. The van der Waals surface area contributed by atoms with Crippen LogP contribution in [0.4, 0.5) is 4.79 Å². The van der Waals surface area contributed by atoms with Crippen molar-refractivity contribution in [2.24, 2.45) is 16.6 Å². The molecule has 0 aromatic rings. The molecule has 0 unspecified atom stereocenters. The van der Waals surface area contributed by atoms with Crippen LogP contribution in [0.2, 0.25) is 0 Å². The van der Waals surface area contributed by atoms with Crippen molar-refractivity contribution in [1.29, 1.82) is 0 Å². The Morgan fingerprint density at radius 3 is 2.25 bits per heavy atom. The minimum absolute atomic E-state index is 0.0253. The first kappa shape index (κ1) is 22.3. The van der Waals surface area contributed by atoms with Crippen molar-refractivity contribution in [2.45, 2.75) is 83.9 Å². The lowest BCUT2D eigenvalue weighted by Gasteiger charge is -2.31. The Labute approximate surface area is 168 Å².